The lowest BCUT2D eigenvalue weighted by atomic mass is 9.90. The molecule has 1 unspecified atom stereocenters. The van der Waals surface area contributed by atoms with Gasteiger partial charge in [0.2, 0.25) is 0 Å². The summed E-state index contributed by atoms with van der Waals surface area (Å²) in [5.41, 5.74) is 14.5. The van der Waals surface area contributed by atoms with Crippen LogP contribution >= 0.6 is 0 Å². The Morgan fingerprint density at radius 3 is 2.39 bits per heavy atom. The third-order valence-corrected chi connectivity index (χ3v) is 8.64. The largest absolute Gasteiger partial charge is 0.374 e. The van der Waals surface area contributed by atoms with Gasteiger partial charge in [-0.25, -0.2) is 0 Å². The third kappa shape index (κ3) is 4.54. The number of aromatic nitrogens is 1. The summed E-state index contributed by atoms with van der Waals surface area (Å²) in [7, 11) is 0. The molecule has 202 valence electrons. The maximum atomic E-state index is 3.82. The SMILES string of the molecule is CCCc1ccccc1-c1ccc2c(c1C)c1c(n2C2=CC(c3ccccc3)NC(c3ccccc3)=C2)C=CCC1. The number of hydrogen-bond acceptors (Lipinski definition) is 1. The number of aryl methyl sites for hydroxylation is 3. The van der Waals surface area contributed by atoms with Crippen LogP contribution in [0.3, 0.4) is 0 Å². The van der Waals surface area contributed by atoms with E-state index in [-0.39, 0.29) is 6.04 Å². The molecular formula is C39H36N2. The van der Waals surface area contributed by atoms with Crippen LogP contribution in [0.1, 0.15) is 59.3 Å². The molecule has 2 aliphatic rings. The lowest BCUT2D eigenvalue weighted by Gasteiger charge is -2.27. The van der Waals surface area contributed by atoms with Gasteiger partial charge in [-0.3, -0.25) is 0 Å². The zero-order valence-corrected chi connectivity index (χ0v) is 23.9. The predicted molar refractivity (Wildman–Crippen MR) is 174 cm³/mol. The van der Waals surface area contributed by atoms with Crippen LogP contribution < -0.4 is 5.32 Å². The highest BCUT2D eigenvalue weighted by molar-refractivity contribution is 5.99. The lowest BCUT2D eigenvalue weighted by Crippen LogP contribution is -2.23. The predicted octanol–water partition coefficient (Wildman–Crippen LogP) is 9.76. The van der Waals surface area contributed by atoms with Crippen LogP contribution in [0.25, 0.3) is 39.5 Å². The highest BCUT2D eigenvalue weighted by atomic mass is 15.0. The molecule has 0 bridgehead atoms. The minimum atomic E-state index is 0.0772. The first-order valence-corrected chi connectivity index (χ1v) is 15.0. The fraction of sp³-hybridized carbons (Fsp3) is 0.179. The van der Waals surface area contributed by atoms with Gasteiger partial charge in [-0.05, 0) is 89.4 Å². The highest BCUT2D eigenvalue weighted by Gasteiger charge is 2.25. The molecule has 0 saturated carbocycles. The summed E-state index contributed by atoms with van der Waals surface area (Å²) >= 11 is 0. The van der Waals surface area contributed by atoms with Crippen molar-refractivity contribution in [1.29, 1.82) is 0 Å². The number of fused-ring (bicyclic) bond motifs is 3. The van der Waals surface area contributed by atoms with Gasteiger partial charge in [0.15, 0.2) is 0 Å². The van der Waals surface area contributed by atoms with E-state index in [2.05, 4.69) is 145 Å². The second kappa shape index (κ2) is 10.8. The molecule has 5 aromatic rings. The van der Waals surface area contributed by atoms with Gasteiger partial charge in [0, 0.05) is 22.5 Å². The van der Waals surface area contributed by atoms with Gasteiger partial charge >= 0.3 is 0 Å². The number of dihydropyridines is 1. The van der Waals surface area contributed by atoms with E-state index in [0.717, 1.165) is 31.4 Å². The zero-order valence-electron chi connectivity index (χ0n) is 23.9. The van der Waals surface area contributed by atoms with Crippen molar-refractivity contribution in [3.05, 3.63) is 149 Å². The Kier molecular flexibility index (Phi) is 6.68. The van der Waals surface area contributed by atoms with E-state index in [0.29, 0.717) is 0 Å². The quantitative estimate of drug-likeness (QED) is 0.230. The lowest BCUT2D eigenvalue weighted by molar-refractivity contribution is 0.760. The van der Waals surface area contributed by atoms with E-state index in [1.165, 1.54) is 61.2 Å². The van der Waals surface area contributed by atoms with Crippen molar-refractivity contribution in [2.45, 2.75) is 45.6 Å². The molecule has 1 N–H and O–H groups in total. The average Bonchev–Trinajstić information content (AvgIpc) is 3.38. The van der Waals surface area contributed by atoms with Crippen molar-refractivity contribution < 1.29 is 0 Å². The van der Waals surface area contributed by atoms with Gasteiger partial charge in [-0.2, -0.15) is 0 Å². The third-order valence-electron chi connectivity index (χ3n) is 8.64. The fourth-order valence-corrected chi connectivity index (χ4v) is 6.73. The number of allylic oxidation sites excluding steroid dienone is 3. The highest BCUT2D eigenvalue weighted by Crippen LogP contribution is 2.41. The standard InChI is InChI=1S/C39H36N2/c1-3-14-28-15-10-11-20-33(28)32-23-24-38-39(27(32)2)34-21-12-13-22-37(34)41(38)31-25-35(29-16-6-4-7-17-29)40-36(26-31)30-18-8-5-9-19-30/h4-11,13,15-20,22-26,35,40H,3,12,14,21H2,1-2H3. The van der Waals surface area contributed by atoms with Crippen LogP contribution in [0, 0.1) is 6.92 Å². The Balaban J connectivity index is 1.46. The first-order valence-electron chi connectivity index (χ1n) is 15.0. The normalized spacial score (nSPS) is 16.2. The van der Waals surface area contributed by atoms with E-state index < -0.39 is 0 Å². The molecule has 1 aliphatic heterocycles. The molecule has 1 atom stereocenters. The van der Waals surface area contributed by atoms with Crippen LogP contribution in [0.5, 0.6) is 0 Å². The van der Waals surface area contributed by atoms with Crippen LogP contribution in [0.15, 0.2) is 115 Å². The van der Waals surface area contributed by atoms with Crippen molar-refractivity contribution >= 4 is 28.4 Å². The van der Waals surface area contributed by atoms with Gasteiger partial charge in [0.25, 0.3) is 0 Å². The average molecular weight is 533 g/mol. The molecule has 4 aromatic carbocycles. The first kappa shape index (κ1) is 25.4. The molecule has 2 heteroatoms. The van der Waals surface area contributed by atoms with Crippen LogP contribution in [-0.2, 0) is 12.8 Å². The maximum absolute atomic E-state index is 3.82. The van der Waals surface area contributed by atoms with E-state index in [1.807, 2.05) is 0 Å². The topological polar surface area (TPSA) is 17.0 Å². The summed E-state index contributed by atoms with van der Waals surface area (Å²) in [6.07, 6.45) is 13.8. The fourth-order valence-electron chi connectivity index (χ4n) is 6.73. The Morgan fingerprint density at radius 1 is 0.829 bits per heavy atom. The molecule has 0 spiro atoms. The van der Waals surface area contributed by atoms with Crippen molar-refractivity contribution in [3.63, 3.8) is 0 Å². The minimum absolute atomic E-state index is 0.0772. The van der Waals surface area contributed by atoms with Crippen molar-refractivity contribution in [3.8, 4) is 11.1 Å². The summed E-state index contributed by atoms with van der Waals surface area (Å²) in [6, 6.07) is 35.2. The Morgan fingerprint density at radius 2 is 1.59 bits per heavy atom. The van der Waals surface area contributed by atoms with Gasteiger partial charge in [-0.1, -0.05) is 110 Å². The molecule has 0 fully saturated rings. The molecule has 2 nitrogen and oxygen atoms in total. The number of benzene rings is 4. The summed E-state index contributed by atoms with van der Waals surface area (Å²) < 4.78 is 2.51. The van der Waals surface area contributed by atoms with Crippen LogP contribution in [-0.4, -0.2) is 4.57 Å². The summed E-state index contributed by atoms with van der Waals surface area (Å²) in [4.78, 5) is 0. The Labute approximate surface area is 243 Å². The van der Waals surface area contributed by atoms with Crippen molar-refractivity contribution in [2.75, 3.05) is 0 Å². The maximum Gasteiger partial charge on any atom is 0.0721 e. The monoisotopic (exact) mass is 532 g/mol. The van der Waals surface area contributed by atoms with E-state index in [1.54, 1.807) is 0 Å². The second-order valence-electron chi connectivity index (χ2n) is 11.2. The number of rotatable bonds is 6. The Bertz CT molecular complexity index is 1820. The molecule has 7 rings (SSSR count). The Hall–Kier alpha value is -4.56. The molecule has 0 amide bonds. The first-order chi connectivity index (χ1) is 20.2. The van der Waals surface area contributed by atoms with E-state index in [4.69, 9.17) is 0 Å². The van der Waals surface area contributed by atoms with Gasteiger partial charge in [0.05, 0.1) is 11.6 Å². The number of nitrogens with one attached hydrogen (secondary N) is 1. The van der Waals surface area contributed by atoms with Crippen LogP contribution in [0.2, 0.25) is 0 Å². The molecule has 0 radical (unpaired) electrons. The van der Waals surface area contributed by atoms with Gasteiger partial charge < -0.3 is 9.88 Å². The van der Waals surface area contributed by atoms with E-state index >= 15 is 0 Å². The van der Waals surface area contributed by atoms with E-state index in [9.17, 15) is 0 Å². The van der Waals surface area contributed by atoms with Gasteiger partial charge in [-0.15, -0.1) is 0 Å². The molecule has 0 saturated heterocycles. The summed E-state index contributed by atoms with van der Waals surface area (Å²) in [5.74, 6) is 0. The number of nitrogens with zero attached hydrogens (tertiary/aromatic N) is 1. The zero-order chi connectivity index (χ0) is 27.8. The van der Waals surface area contributed by atoms with Crippen LogP contribution in [0.4, 0.5) is 0 Å². The minimum Gasteiger partial charge on any atom is -0.374 e. The summed E-state index contributed by atoms with van der Waals surface area (Å²) in [6.45, 7) is 4.60. The molecule has 1 aromatic heterocycles. The molecular weight excluding hydrogens is 496 g/mol. The number of hydrogen-bond donors (Lipinski definition) is 1. The molecule has 41 heavy (non-hydrogen) atoms. The van der Waals surface area contributed by atoms with Crippen molar-refractivity contribution in [2.24, 2.45) is 0 Å². The van der Waals surface area contributed by atoms with Crippen molar-refractivity contribution in [1.82, 2.24) is 9.88 Å². The smallest absolute Gasteiger partial charge is 0.0721 e. The second-order valence-corrected chi connectivity index (χ2v) is 11.2. The van der Waals surface area contributed by atoms with Gasteiger partial charge in [0.1, 0.15) is 0 Å². The summed E-state index contributed by atoms with van der Waals surface area (Å²) in [5, 5.41) is 5.23. The molecule has 1 aliphatic carbocycles. The molecule has 2 heterocycles.